The van der Waals surface area contributed by atoms with Gasteiger partial charge in [0.25, 0.3) is 0 Å². The summed E-state index contributed by atoms with van der Waals surface area (Å²) < 4.78 is 18.1. The van der Waals surface area contributed by atoms with Crippen LogP contribution in [0.5, 0.6) is 0 Å². The zero-order chi connectivity index (χ0) is 15.1. The van der Waals surface area contributed by atoms with Crippen molar-refractivity contribution < 1.29 is 9.13 Å². The van der Waals surface area contributed by atoms with Gasteiger partial charge in [0.2, 0.25) is 0 Å². The van der Waals surface area contributed by atoms with Crippen molar-refractivity contribution >= 4 is 11.3 Å². The zero-order valence-electron chi connectivity index (χ0n) is 12.4. The van der Waals surface area contributed by atoms with E-state index in [0.717, 1.165) is 35.7 Å². The first-order valence-corrected chi connectivity index (χ1v) is 8.03. The van der Waals surface area contributed by atoms with Gasteiger partial charge in [0, 0.05) is 30.6 Å². The fourth-order valence-corrected chi connectivity index (χ4v) is 2.98. The molecule has 0 saturated heterocycles. The van der Waals surface area contributed by atoms with Gasteiger partial charge in [0.05, 0.1) is 12.3 Å². The van der Waals surface area contributed by atoms with Crippen molar-refractivity contribution in [1.82, 2.24) is 10.3 Å². The van der Waals surface area contributed by atoms with Crippen LogP contribution >= 0.6 is 11.3 Å². The van der Waals surface area contributed by atoms with Crippen molar-refractivity contribution in [1.29, 1.82) is 0 Å². The van der Waals surface area contributed by atoms with Gasteiger partial charge in [-0.3, -0.25) is 0 Å². The van der Waals surface area contributed by atoms with Gasteiger partial charge < -0.3 is 10.1 Å². The van der Waals surface area contributed by atoms with Crippen LogP contribution in [0, 0.1) is 5.82 Å². The lowest BCUT2D eigenvalue weighted by atomic mass is 10.2. The van der Waals surface area contributed by atoms with Gasteiger partial charge in [0.1, 0.15) is 10.8 Å². The van der Waals surface area contributed by atoms with Crippen LogP contribution in [0.25, 0.3) is 10.6 Å². The lowest BCUT2D eigenvalue weighted by molar-refractivity contribution is 0.161. The van der Waals surface area contributed by atoms with Crippen LogP contribution in [0.2, 0.25) is 0 Å². The molecule has 3 nitrogen and oxygen atoms in total. The Bertz CT molecular complexity index is 535. The molecule has 0 radical (unpaired) electrons. The number of aromatic nitrogens is 1. The molecule has 0 aliphatic heterocycles. The largest absolute Gasteiger partial charge is 0.383 e. The SMILES string of the molecule is CCCC(COC)NCc1csc(-c2ccc(F)cc2)n1. The van der Waals surface area contributed by atoms with Crippen LogP contribution in [0.3, 0.4) is 0 Å². The fourth-order valence-electron chi connectivity index (χ4n) is 2.16. The first-order chi connectivity index (χ1) is 10.2. The lowest BCUT2D eigenvalue weighted by Gasteiger charge is -2.16. The molecule has 1 aromatic carbocycles. The van der Waals surface area contributed by atoms with E-state index >= 15 is 0 Å². The monoisotopic (exact) mass is 308 g/mol. The minimum Gasteiger partial charge on any atom is -0.383 e. The third kappa shape index (κ3) is 4.88. The maximum atomic E-state index is 12.9. The van der Waals surface area contributed by atoms with Crippen molar-refractivity contribution in [2.75, 3.05) is 13.7 Å². The lowest BCUT2D eigenvalue weighted by Crippen LogP contribution is -2.32. The van der Waals surface area contributed by atoms with Crippen LogP contribution < -0.4 is 5.32 Å². The van der Waals surface area contributed by atoms with E-state index in [2.05, 4.69) is 17.2 Å². The number of hydrogen-bond donors (Lipinski definition) is 1. The van der Waals surface area contributed by atoms with Gasteiger partial charge in [-0.25, -0.2) is 9.37 Å². The van der Waals surface area contributed by atoms with E-state index in [-0.39, 0.29) is 5.82 Å². The molecule has 0 fully saturated rings. The van der Waals surface area contributed by atoms with Gasteiger partial charge in [-0.15, -0.1) is 11.3 Å². The van der Waals surface area contributed by atoms with E-state index < -0.39 is 0 Å². The van der Waals surface area contributed by atoms with Gasteiger partial charge in [-0.2, -0.15) is 0 Å². The van der Waals surface area contributed by atoms with Crippen molar-refractivity contribution in [2.24, 2.45) is 0 Å². The van der Waals surface area contributed by atoms with E-state index in [1.165, 1.54) is 12.1 Å². The predicted octanol–water partition coefficient (Wildman–Crippen LogP) is 3.85. The van der Waals surface area contributed by atoms with E-state index in [0.29, 0.717) is 12.6 Å². The summed E-state index contributed by atoms with van der Waals surface area (Å²) in [6.07, 6.45) is 2.21. The Hall–Kier alpha value is -1.30. The average molecular weight is 308 g/mol. The van der Waals surface area contributed by atoms with Gasteiger partial charge in [0.15, 0.2) is 0 Å². The normalized spacial score (nSPS) is 12.5. The highest BCUT2D eigenvalue weighted by Gasteiger charge is 2.09. The fraction of sp³-hybridized carbons (Fsp3) is 0.438. The van der Waals surface area contributed by atoms with E-state index in [1.54, 1.807) is 30.6 Å². The number of thiazole rings is 1. The van der Waals surface area contributed by atoms with Gasteiger partial charge >= 0.3 is 0 Å². The Kier molecular flexibility index (Phi) is 6.29. The Balaban J connectivity index is 1.95. The summed E-state index contributed by atoms with van der Waals surface area (Å²) in [5, 5.41) is 6.44. The number of ether oxygens (including phenoxy) is 1. The molecule has 5 heteroatoms. The zero-order valence-corrected chi connectivity index (χ0v) is 13.3. The second-order valence-corrected chi connectivity index (χ2v) is 5.83. The topological polar surface area (TPSA) is 34.1 Å². The summed E-state index contributed by atoms with van der Waals surface area (Å²) in [4.78, 5) is 4.60. The molecule has 1 heterocycles. The third-order valence-corrected chi connectivity index (χ3v) is 4.16. The summed E-state index contributed by atoms with van der Waals surface area (Å²) in [5.41, 5.74) is 1.96. The maximum Gasteiger partial charge on any atom is 0.123 e. The molecule has 0 spiro atoms. The van der Waals surface area contributed by atoms with Crippen molar-refractivity contribution in [2.45, 2.75) is 32.4 Å². The number of halogens is 1. The molecule has 2 aromatic rings. The second kappa shape index (κ2) is 8.22. The molecule has 1 aromatic heterocycles. The van der Waals surface area contributed by atoms with Crippen LogP contribution in [-0.4, -0.2) is 24.7 Å². The molecule has 21 heavy (non-hydrogen) atoms. The molecule has 2 rings (SSSR count). The van der Waals surface area contributed by atoms with E-state index in [9.17, 15) is 4.39 Å². The smallest absolute Gasteiger partial charge is 0.123 e. The summed E-state index contributed by atoms with van der Waals surface area (Å²) in [6, 6.07) is 6.80. The van der Waals surface area contributed by atoms with Crippen LogP contribution in [-0.2, 0) is 11.3 Å². The van der Waals surface area contributed by atoms with Crippen LogP contribution in [0.1, 0.15) is 25.5 Å². The Morgan fingerprint density at radius 3 is 2.76 bits per heavy atom. The molecular formula is C16H21FN2OS. The van der Waals surface area contributed by atoms with Crippen LogP contribution in [0.15, 0.2) is 29.6 Å². The molecule has 0 amide bonds. The molecule has 0 saturated carbocycles. The molecule has 1 unspecified atom stereocenters. The third-order valence-electron chi connectivity index (χ3n) is 3.22. The van der Waals surface area contributed by atoms with Crippen molar-refractivity contribution in [3.63, 3.8) is 0 Å². The molecule has 0 aliphatic rings. The molecule has 1 N–H and O–H groups in total. The Labute approximate surface area is 129 Å². The molecule has 1 atom stereocenters. The van der Waals surface area contributed by atoms with Crippen molar-refractivity contribution in [3.05, 3.63) is 41.2 Å². The standard InChI is InChI=1S/C16H21FN2OS/c1-3-4-14(10-20-2)18-9-15-11-21-16(19-15)12-5-7-13(17)8-6-12/h5-8,11,14,18H,3-4,9-10H2,1-2H3. The Morgan fingerprint density at radius 2 is 2.10 bits per heavy atom. The van der Waals surface area contributed by atoms with E-state index in [1.807, 2.05) is 5.38 Å². The highest BCUT2D eigenvalue weighted by Crippen LogP contribution is 2.23. The van der Waals surface area contributed by atoms with E-state index in [4.69, 9.17) is 4.74 Å². The number of hydrogen-bond acceptors (Lipinski definition) is 4. The molecule has 114 valence electrons. The molecule has 0 aliphatic carbocycles. The highest BCUT2D eigenvalue weighted by molar-refractivity contribution is 7.13. The molecular weight excluding hydrogens is 287 g/mol. The minimum atomic E-state index is -0.223. The first-order valence-electron chi connectivity index (χ1n) is 7.15. The summed E-state index contributed by atoms with van der Waals surface area (Å²) in [6.45, 7) is 3.61. The number of rotatable bonds is 8. The quantitative estimate of drug-likeness (QED) is 0.804. The number of methoxy groups -OCH3 is 1. The summed E-state index contributed by atoms with van der Waals surface area (Å²) in [5.74, 6) is -0.223. The number of nitrogens with one attached hydrogen (secondary N) is 1. The predicted molar refractivity (Wildman–Crippen MR) is 84.9 cm³/mol. The van der Waals surface area contributed by atoms with Crippen LogP contribution in [0.4, 0.5) is 4.39 Å². The molecule has 0 bridgehead atoms. The highest BCUT2D eigenvalue weighted by atomic mass is 32.1. The average Bonchev–Trinajstić information content (AvgIpc) is 2.95. The number of benzene rings is 1. The Morgan fingerprint density at radius 1 is 1.33 bits per heavy atom. The van der Waals surface area contributed by atoms with Gasteiger partial charge in [-0.1, -0.05) is 13.3 Å². The number of nitrogens with zero attached hydrogens (tertiary/aromatic N) is 1. The summed E-state index contributed by atoms with van der Waals surface area (Å²) >= 11 is 1.58. The minimum absolute atomic E-state index is 0.223. The second-order valence-electron chi connectivity index (χ2n) is 4.97. The van der Waals surface area contributed by atoms with Crippen molar-refractivity contribution in [3.8, 4) is 10.6 Å². The summed E-state index contributed by atoms with van der Waals surface area (Å²) in [7, 11) is 1.72. The maximum absolute atomic E-state index is 12.9. The van der Waals surface area contributed by atoms with Gasteiger partial charge in [-0.05, 0) is 30.7 Å². The first kappa shape index (κ1) is 16.1.